The molecular formula is C12H17ClN2. The SMILES string of the molecule is Cn1ccc(CC2(CCl)CC3CC3C2)n1. The first-order valence-electron chi connectivity index (χ1n) is 5.75. The molecule has 0 amide bonds. The van der Waals surface area contributed by atoms with E-state index >= 15 is 0 Å². The Labute approximate surface area is 95.6 Å². The van der Waals surface area contributed by atoms with Gasteiger partial charge in [0.25, 0.3) is 0 Å². The van der Waals surface area contributed by atoms with Crippen molar-refractivity contribution in [3.05, 3.63) is 18.0 Å². The molecule has 0 N–H and O–H groups in total. The van der Waals surface area contributed by atoms with Crippen molar-refractivity contribution in [3.63, 3.8) is 0 Å². The molecule has 0 saturated heterocycles. The van der Waals surface area contributed by atoms with Crippen molar-refractivity contribution in [2.45, 2.75) is 25.7 Å². The van der Waals surface area contributed by atoms with E-state index in [0.29, 0.717) is 5.41 Å². The Morgan fingerprint density at radius 3 is 2.80 bits per heavy atom. The number of rotatable bonds is 3. The fourth-order valence-electron chi connectivity index (χ4n) is 3.25. The maximum atomic E-state index is 6.17. The molecule has 2 aliphatic carbocycles. The van der Waals surface area contributed by atoms with Crippen molar-refractivity contribution >= 4 is 11.6 Å². The summed E-state index contributed by atoms with van der Waals surface area (Å²) in [4.78, 5) is 0. The van der Waals surface area contributed by atoms with Gasteiger partial charge < -0.3 is 0 Å². The molecule has 2 unspecified atom stereocenters. The quantitative estimate of drug-likeness (QED) is 0.722. The van der Waals surface area contributed by atoms with Crippen LogP contribution in [0.5, 0.6) is 0 Å². The molecule has 3 heteroatoms. The minimum absolute atomic E-state index is 0.365. The molecule has 2 fully saturated rings. The molecule has 1 heterocycles. The van der Waals surface area contributed by atoms with E-state index in [0.717, 1.165) is 24.1 Å². The van der Waals surface area contributed by atoms with Gasteiger partial charge in [-0.2, -0.15) is 5.10 Å². The highest BCUT2D eigenvalue weighted by Gasteiger charge is 2.53. The minimum atomic E-state index is 0.365. The van der Waals surface area contributed by atoms with Crippen LogP contribution < -0.4 is 0 Å². The van der Waals surface area contributed by atoms with E-state index in [9.17, 15) is 0 Å². The zero-order valence-corrected chi connectivity index (χ0v) is 9.87. The number of fused-ring (bicyclic) bond motifs is 1. The summed E-state index contributed by atoms with van der Waals surface area (Å²) in [5.74, 6) is 2.79. The highest BCUT2D eigenvalue weighted by molar-refractivity contribution is 6.18. The monoisotopic (exact) mass is 224 g/mol. The van der Waals surface area contributed by atoms with E-state index < -0.39 is 0 Å². The predicted molar refractivity (Wildman–Crippen MR) is 60.9 cm³/mol. The van der Waals surface area contributed by atoms with E-state index in [1.165, 1.54) is 25.0 Å². The number of hydrogen-bond donors (Lipinski definition) is 0. The Balaban J connectivity index is 1.75. The van der Waals surface area contributed by atoms with E-state index in [1.54, 1.807) is 0 Å². The Kier molecular flexibility index (Phi) is 2.10. The molecule has 0 radical (unpaired) electrons. The van der Waals surface area contributed by atoms with Gasteiger partial charge in [-0.25, -0.2) is 0 Å². The molecule has 0 aromatic carbocycles. The van der Waals surface area contributed by atoms with Crippen LogP contribution in [0.4, 0.5) is 0 Å². The van der Waals surface area contributed by atoms with Crippen LogP contribution in [0.25, 0.3) is 0 Å². The van der Waals surface area contributed by atoms with Gasteiger partial charge in [0.15, 0.2) is 0 Å². The second-order valence-electron chi connectivity index (χ2n) is 5.46. The predicted octanol–water partition coefficient (Wildman–Crippen LogP) is 2.62. The molecule has 2 aliphatic rings. The summed E-state index contributed by atoms with van der Waals surface area (Å²) >= 11 is 6.17. The Hall–Kier alpha value is -0.500. The Morgan fingerprint density at radius 2 is 2.27 bits per heavy atom. The smallest absolute Gasteiger partial charge is 0.0630 e. The zero-order chi connectivity index (χ0) is 10.5. The van der Waals surface area contributed by atoms with Crippen molar-refractivity contribution in [2.24, 2.45) is 24.3 Å². The standard InChI is InChI=1S/C12H17ClN2/c1-15-3-2-11(14-15)7-12(8-13)5-9-4-10(9)6-12/h2-3,9-10H,4-8H2,1H3. The van der Waals surface area contributed by atoms with E-state index in [4.69, 9.17) is 11.6 Å². The lowest BCUT2D eigenvalue weighted by atomic mass is 9.81. The highest BCUT2D eigenvalue weighted by Crippen LogP contribution is 2.61. The third kappa shape index (κ3) is 1.69. The van der Waals surface area contributed by atoms with Gasteiger partial charge in [0.1, 0.15) is 0 Å². The van der Waals surface area contributed by atoms with Crippen LogP contribution in [0, 0.1) is 17.3 Å². The molecular weight excluding hydrogens is 208 g/mol. The van der Waals surface area contributed by atoms with Crippen molar-refractivity contribution in [2.75, 3.05) is 5.88 Å². The number of nitrogens with zero attached hydrogens (tertiary/aromatic N) is 2. The molecule has 82 valence electrons. The zero-order valence-electron chi connectivity index (χ0n) is 9.12. The average Bonchev–Trinajstić information content (AvgIpc) is 2.65. The maximum absolute atomic E-state index is 6.17. The second-order valence-corrected chi connectivity index (χ2v) is 5.72. The number of aromatic nitrogens is 2. The number of alkyl halides is 1. The number of aryl methyl sites for hydroxylation is 1. The lowest BCUT2D eigenvalue weighted by molar-refractivity contribution is 0.299. The first-order valence-corrected chi connectivity index (χ1v) is 6.29. The van der Waals surface area contributed by atoms with Gasteiger partial charge >= 0.3 is 0 Å². The topological polar surface area (TPSA) is 17.8 Å². The van der Waals surface area contributed by atoms with Crippen LogP contribution in [0.15, 0.2) is 12.3 Å². The fraction of sp³-hybridized carbons (Fsp3) is 0.750. The second kappa shape index (κ2) is 3.24. The summed E-state index contributed by atoms with van der Waals surface area (Å²) < 4.78 is 1.88. The fourth-order valence-corrected chi connectivity index (χ4v) is 3.56. The highest BCUT2D eigenvalue weighted by atomic mass is 35.5. The summed E-state index contributed by atoms with van der Waals surface area (Å²) in [5.41, 5.74) is 1.57. The molecule has 0 aliphatic heterocycles. The van der Waals surface area contributed by atoms with Crippen LogP contribution in [0.1, 0.15) is 25.0 Å². The lowest BCUT2D eigenvalue weighted by Gasteiger charge is -2.27. The van der Waals surface area contributed by atoms with Crippen molar-refractivity contribution in [1.29, 1.82) is 0 Å². The maximum Gasteiger partial charge on any atom is 0.0630 e. The molecule has 1 aromatic rings. The summed E-state index contributed by atoms with van der Waals surface area (Å²) in [6, 6.07) is 2.12. The van der Waals surface area contributed by atoms with Gasteiger partial charge in [0, 0.05) is 19.1 Å². The van der Waals surface area contributed by atoms with Crippen LogP contribution in [-0.4, -0.2) is 15.7 Å². The first kappa shape index (κ1) is 9.71. The van der Waals surface area contributed by atoms with Crippen molar-refractivity contribution in [3.8, 4) is 0 Å². The molecule has 2 saturated carbocycles. The van der Waals surface area contributed by atoms with E-state index in [1.807, 2.05) is 17.9 Å². The third-order valence-electron chi connectivity index (χ3n) is 4.07. The van der Waals surface area contributed by atoms with Gasteiger partial charge in [-0.1, -0.05) is 0 Å². The Bertz CT molecular complexity index is 361. The van der Waals surface area contributed by atoms with Gasteiger partial charge in [-0.3, -0.25) is 4.68 Å². The van der Waals surface area contributed by atoms with E-state index in [-0.39, 0.29) is 0 Å². The summed E-state index contributed by atoms with van der Waals surface area (Å²) in [6.07, 6.45) is 7.22. The van der Waals surface area contributed by atoms with Crippen molar-refractivity contribution in [1.82, 2.24) is 9.78 Å². The molecule has 15 heavy (non-hydrogen) atoms. The van der Waals surface area contributed by atoms with Crippen LogP contribution in [0.3, 0.4) is 0 Å². The van der Waals surface area contributed by atoms with Crippen LogP contribution in [-0.2, 0) is 13.5 Å². The van der Waals surface area contributed by atoms with Gasteiger partial charge in [-0.05, 0) is 49.0 Å². The summed E-state index contributed by atoms with van der Waals surface area (Å²) in [6.45, 7) is 0. The molecule has 3 rings (SSSR count). The minimum Gasteiger partial charge on any atom is -0.276 e. The van der Waals surface area contributed by atoms with Gasteiger partial charge in [-0.15, -0.1) is 11.6 Å². The average molecular weight is 225 g/mol. The van der Waals surface area contributed by atoms with E-state index in [2.05, 4.69) is 11.2 Å². The summed E-state index contributed by atoms with van der Waals surface area (Å²) in [7, 11) is 1.98. The van der Waals surface area contributed by atoms with Gasteiger partial charge in [0.2, 0.25) is 0 Å². The lowest BCUT2D eigenvalue weighted by Crippen LogP contribution is -2.24. The van der Waals surface area contributed by atoms with Crippen LogP contribution in [0.2, 0.25) is 0 Å². The molecule has 2 atom stereocenters. The normalized spacial score (nSPS) is 38.0. The third-order valence-corrected chi connectivity index (χ3v) is 4.63. The largest absolute Gasteiger partial charge is 0.276 e. The van der Waals surface area contributed by atoms with Crippen LogP contribution >= 0.6 is 11.6 Å². The molecule has 2 nitrogen and oxygen atoms in total. The van der Waals surface area contributed by atoms with Gasteiger partial charge in [0.05, 0.1) is 5.69 Å². The first-order chi connectivity index (χ1) is 7.21. The molecule has 0 spiro atoms. The number of hydrogen-bond acceptors (Lipinski definition) is 1. The summed E-state index contributed by atoms with van der Waals surface area (Å²) in [5, 5.41) is 4.47. The Morgan fingerprint density at radius 1 is 1.53 bits per heavy atom. The number of halogens is 1. The van der Waals surface area contributed by atoms with Crippen molar-refractivity contribution < 1.29 is 0 Å². The molecule has 1 aromatic heterocycles. The molecule has 0 bridgehead atoms.